The van der Waals surface area contributed by atoms with Gasteiger partial charge in [-0.05, 0) is 17.7 Å². The number of hydrogen-bond acceptors (Lipinski definition) is 4. The van der Waals surface area contributed by atoms with Gasteiger partial charge in [0.1, 0.15) is 0 Å². The van der Waals surface area contributed by atoms with Crippen molar-refractivity contribution in [3.05, 3.63) is 53.1 Å². The van der Waals surface area contributed by atoms with Gasteiger partial charge in [0.2, 0.25) is 0 Å². The van der Waals surface area contributed by atoms with Crippen molar-refractivity contribution in [1.29, 1.82) is 0 Å². The molecule has 0 aliphatic heterocycles. The van der Waals surface area contributed by atoms with Crippen LogP contribution in [0.4, 0.5) is 5.69 Å². The SMILES string of the molecule is O=S(=O)(O)c1cc(Cl)c(O)c(NCc2ccccc2)c1. The summed E-state index contributed by atoms with van der Waals surface area (Å²) in [6.07, 6.45) is 0. The molecule has 0 aliphatic carbocycles. The number of rotatable bonds is 4. The highest BCUT2D eigenvalue weighted by molar-refractivity contribution is 7.85. The van der Waals surface area contributed by atoms with Crippen molar-refractivity contribution in [1.82, 2.24) is 0 Å². The van der Waals surface area contributed by atoms with E-state index in [1.807, 2.05) is 30.3 Å². The molecular formula is C13H12ClNO4S. The number of anilines is 1. The predicted molar refractivity (Wildman–Crippen MR) is 76.7 cm³/mol. The summed E-state index contributed by atoms with van der Waals surface area (Å²) >= 11 is 5.74. The third kappa shape index (κ3) is 3.41. The number of benzene rings is 2. The van der Waals surface area contributed by atoms with Gasteiger partial charge in [0.15, 0.2) is 5.75 Å². The molecule has 2 aromatic carbocycles. The summed E-state index contributed by atoms with van der Waals surface area (Å²) in [5, 5.41) is 12.5. The average Bonchev–Trinajstić information content (AvgIpc) is 2.40. The quantitative estimate of drug-likeness (QED) is 0.597. The van der Waals surface area contributed by atoms with Gasteiger partial charge in [-0.3, -0.25) is 4.55 Å². The minimum Gasteiger partial charge on any atom is -0.504 e. The Morgan fingerprint density at radius 1 is 1.15 bits per heavy atom. The molecule has 7 heteroatoms. The maximum absolute atomic E-state index is 11.1. The van der Waals surface area contributed by atoms with E-state index in [1.165, 1.54) is 0 Å². The topological polar surface area (TPSA) is 86.6 Å². The zero-order valence-corrected chi connectivity index (χ0v) is 11.8. The second-order valence-electron chi connectivity index (χ2n) is 4.12. The molecule has 2 rings (SSSR count). The van der Waals surface area contributed by atoms with Crippen LogP contribution in [0.1, 0.15) is 5.56 Å². The summed E-state index contributed by atoms with van der Waals surface area (Å²) in [5.74, 6) is -0.269. The maximum Gasteiger partial charge on any atom is 0.294 e. The summed E-state index contributed by atoms with van der Waals surface area (Å²) in [6, 6.07) is 11.4. The summed E-state index contributed by atoms with van der Waals surface area (Å²) in [5.41, 5.74) is 1.08. The van der Waals surface area contributed by atoms with Crippen LogP contribution in [0, 0.1) is 0 Å². The Labute approximate surface area is 121 Å². The monoisotopic (exact) mass is 313 g/mol. The van der Waals surface area contributed by atoms with E-state index < -0.39 is 10.1 Å². The van der Waals surface area contributed by atoms with Crippen LogP contribution < -0.4 is 5.32 Å². The first-order chi connectivity index (χ1) is 9.38. The Hall–Kier alpha value is -1.76. The van der Waals surface area contributed by atoms with Gasteiger partial charge in [-0.25, -0.2) is 0 Å². The molecule has 106 valence electrons. The molecule has 0 fully saturated rings. The Bertz CT molecular complexity index is 717. The van der Waals surface area contributed by atoms with Crippen LogP contribution in [0.25, 0.3) is 0 Å². The molecule has 5 nitrogen and oxygen atoms in total. The molecule has 0 saturated carbocycles. The highest BCUT2D eigenvalue weighted by Crippen LogP contribution is 2.34. The van der Waals surface area contributed by atoms with E-state index >= 15 is 0 Å². The highest BCUT2D eigenvalue weighted by atomic mass is 35.5. The Kier molecular flexibility index (Phi) is 4.17. The summed E-state index contributed by atoms with van der Waals surface area (Å²) < 4.78 is 31.2. The lowest BCUT2D eigenvalue weighted by atomic mass is 10.2. The molecule has 0 amide bonds. The van der Waals surface area contributed by atoms with E-state index in [0.717, 1.165) is 17.7 Å². The van der Waals surface area contributed by atoms with Crippen molar-refractivity contribution < 1.29 is 18.1 Å². The summed E-state index contributed by atoms with van der Waals surface area (Å²) in [4.78, 5) is -0.379. The van der Waals surface area contributed by atoms with Crippen LogP contribution >= 0.6 is 11.6 Å². The number of hydrogen-bond donors (Lipinski definition) is 3. The van der Waals surface area contributed by atoms with E-state index in [1.54, 1.807) is 0 Å². The zero-order valence-electron chi connectivity index (χ0n) is 10.2. The molecule has 0 unspecified atom stereocenters. The Morgan fingerprint density at radius 3 is 2.40 bits per heavy atom. The fourth-order valence-electron chi connectivity index (χ4n) is 1.65. The Balaban J connectivity index is 2.29. The minimum atomic E-state index is -4.38. The Morgan fingerprint density at radius 2 is 1.80 bits per heavy atom. The van der Waals surface area contributed by atoms with Gasteiger partial charge >= 0.3 is 0 Å². The first kappa shape index (κ1) is 14.6. The van der Waals surface area contributed by atoms with Gasteiger partial charge < -0.3 is 10.4 Å². The zero-order chi connectivity index (χ0) is 14.8. The van der Waals surface area contributed by atoms with E-state index in [4.69, 9.17) is 16.2 Å². The normalized spacial score (nSPS) is 11.3. The number of nitrogens with one attached hydrogen (secondary N) is 1. The second-order valence-corrected chi connectivity index (χ2v) is 5.94. The molecule has 0 aromatic heterocycles. The van der Waals surface area contributed by atoms with Crippen LogP contribution in [-0.4, -0.2) is 18.1 Å². The molecule has 0 bridgehead atoms. The summed E-state index contributed by atoms with van der Waals surface area (Å²) in [7, 11) is -4.38. The van der Waals surface area contributed by atoms with Crippen molar-refractivity contribution >= 4 is 27.4 Å². The van der Waals surface area contributed by atoms with E-state index in [0.29, 0.717) is 6.54 Å². The minimum absolute atomic E-state index is 0.133. The van der Waals surface area contributed by atoms with Crippen LogP contribution in [0.2, 0.25) is 5.02 Å². The molecule has 20 heavy (non-hydrogen) atoms. The first-order valence-electron chi connectivity index (χ1n) is 5.66. The molecule has 0 aliphatic rings. The van der Waals surface area contributed by atoms with Crippen LogP contribution in [0.3, 0.4) is 0 Å². The lowest BCUT2D eigenvalue weighted by Gasteiger charge is -2.11. The molecule has 0 spiro atoms. The molecule has 0 saturated heterocycles. The van der Waals surface area contributed by atoms with Gasteiger partial charge in [0.05, 0.1) is 15.6 Å². The maximum atomic E-state index is 11.1. The first-order valence-corrected chi connectivity index (χ1v) is 7.47. The molecule has 3 N–H and O–H groups in total. The van der Waals surface area contributed by atoms with Crippen molar-refractivity contribution in [2.45, 2.75) is 11.4 Å². The number of halogens is 1. The van der Waals surface area contributed by atoms with E-state index in [2.05, 4.69) is 5.32 Å². The van der Waals surface area contributed by atoms with Crippen molar-refractivity contribution in [2.24, 2.45) is 0 Å². The van der Waals surface area contributed by atoms with Gasteiger partial charge in [-0.2, -0.15) is 8.42 Å². The number of phenols is 1. The fraction of sp³-hybridized carbons (Fsp3) is 0.0769. The number of aromatic hydroxyl groups is 1. The average molecular weight is 314 g/mol. The van der Waals surface area contributed by atoms with Crippen LogP contribution in [0.15, 0.2) is 47.4 Å². The second kappa shape index (κ2) is 5.70. The van der Waals surface area contributed by atoms with Crippen molar-refractivity contribution in [3.63, 3.8) is 0 Å². The third-order valence-electron chi connectivity index (χ3n) is 2.66. The lowest BCUT2D eigenvalue weighted by Crippen LogP contribution is -2.03. The summed E-state index contributed by atoms with van der Waals surface area (Å²) in [6.45, 7) is 0.375. The van der Waals surface area contributed by atoms with Crippen LogP contribution in [-0.2, 0) is 16.7 Å². The predicted octanol–water partition coefficient (Wildman–Crippen LogP) is 2.90. The number of phenolic OH excluding ortho intramolecular Hbond substituents is 1. The standard InChI is InChI=1S/C13H12ClNO4S/c14-11-6-10(20(17,18)19)7-12(13(11)16)15-8-9-4-2-1-3-5-9/h1-7,15-16H,8H2,(H,17,18,19). The van der Waals surface area contributed by atoms with E-state index in [-0.39, 0.29) is 21.4 Å². The molecule has 0 heterocycles. The molecule has 2 aromatic rings. The van der Waals surface area contributed by atoms with Gasteiger partial charge in [0.25, 0.3) is 10.1 Å². The van der Waals surface area contributed by atoms with Gasteiger partial charge in [-0.1, -0.05) is 41.9 Å². The third-order valence-corrected chi connectivity index (χ3v) is 3.78. The smallest absolute Gasteiger partial charge is 0.294 e. The van der Waals surface area contributed by atoms with Gasteiger partial charge in [-0.15, -0.1) is 0 Å². The molecule has 0 atom stereocenters. The fourth-order valence-corrected chi connectivity index (χ4v) is 2.47. The lowest BCUT2D eigenvalue weighted by molar-refractivity contribution is 0.474. The van der Waals surface area contributed by atoms with Crippen LogP contribution in [0.5, 0.6) is 5.75 Å². The van der Waals surface area contributed by atoms with Gasteiger partial charge in [0, 0.05) is 6.54 Å². The highest BCUT2D eigenvalue weighted by Gasteiger charge is 2.16. The molecule has 0 radical (unpaired) electrons. The van der Waals surface area contributed by atoms with Crippen molar-refractivity contribution in [2.75, 3.05) is 5.32 Å². The molecular weight excluding hydrogens is 302 g/mol. The van der Waals surface area contributed by atoms with E-state index in [9.17, 15) is 13.5 Å². The van der Waals surface area contributed by atoms with Crippen molar-refractivity contribution in [3.8, 4) is 5.75 Å². The largest absolute Gasteiger partial charge is 0.504 e.